The highest BCUT2D eigenvalue weighted by Crippen LogP contribution is 2.24. The lowest BCUT2D eigenvalue weighted by Crippen LogP contribution is -2.42. The van der Waals surface area contributed by atoms with Crippen LogP contribution < -0.4 is 15.4 Å². The van der Waals surface area contributed by atoms with Gasteiger partial charge in [-0.3, -0.25) is 9.39 Å². The van der Waals surface area contributed by atoms with Gasteiger partial charge < -0.3 is 15.4 Å². The van der Waals surface area contributed by atoms with Crippen LogP contribution in [0.15, 0.2) is 53.7 Å². The molecule has 0 radical (unpaired) electrons. The third kappa shape index (κ3) is 5.71. The Morgan fingerprint density at radius 2 is 1.96 bits per heavy atom. The second-order valence-electron chi connectivity index (χ2n) is 5.93. The summed E-state index contributed by atoms with van der Waals surface area (Å²) in [7, 11) is 1.73. The van der Waals surface area contributed by atoms with Crippen molar-refractivity contribution < 1.29 is 4.74 Å². The lowest BCUT2D eigenvalue weighted by molar-refractivity contribution is 0.199. The van der Waals surface area contributed by atoms with Crippen LogP contribution in [0, 0.1) is 0 Å². The normalized spacial score (nSPS) is 12.3. The molecule has 1 atom stereocenters. The number of fused-ring (bicyclic) bond motifs is 1. The van der Waals surface area contributed by atoms with Crippen LogP contribution in [0.25, 0.3) is 5.65 Å². The smallest absolute Gasteiger partial charge is 0.191 e. The summed E-state index contributed by atoms with van der Waals surface area (Å²) in [5.41, 5.74) is 0.816. The first kappa shape index (κ1) is 22.2. The van der Waals surface area contributed by atoms with E-state index in [4.69, 9.17) is 16.3 Å². The Labute approximate surface area is 186 Å². The van der Waals surface area contributed by atoms with Crippen molar-refractivity contribution in [3.8, 4) is 5.75 Å². The van der Waals surface area contributed by atoms with E-state index in [0.717, 1.165) is 17.9 Å². The molecular weight excluding hydrogens is 491 g/mol. The summed E-state index contributed by atoms with van der Waals surface area (Å²) in [5.74, 6) is 2.17. The SMILES string of the molecule is CCC(CNC(=NC)NCc1nnc2ccccn12)Oc1ccccc1Cl.I. The molecule has 0 amide bonds. The summed E-state index contributed by atoms with van der Waals surface area (Å²) in [4.78, 5) is 4.25. The molecule has 2 aromatic heterocycles. The molecule has 0 spiro atoms. The first-order chi connectivity index (χ1) is 13.2. The van der Waals surface area contributed by atoms with E-state index in [1.807, 2.05) is 53.1 Å². The molecule has 9 heteroatoms. The minimum absolute atomic E-state index is 0. The molecule has 0 saturated carbocycles. The van der Waals surface area contributed by atoms with E-state index in [1.54, 1.807) is 7.05 Å². The van der Waals surface area contributed by atoms with Gasteiger partial charge in [-0.05, 0) is 30.7 Å². The molecule has 3 aromatic rings. The van der Waals surface area contributed by atoms with E-state index in [0.29, 0.717) is 29.8 Å². The number of aromatic nitrogens is 3. The zero-order valence-corrected chi connectivity index (χ0v) is 18.9. The van der Waals surface area contributed by atoms with E-state index in [2.05, 4.69) is 32.7 Å². The molecular formula is C19H24ClIN6O. The maximum absolute atomic E-state index is 6.17. The predicted octanol–water partition coefficient (Wildman–Crippen LogP) is 3.52. The Balaban J connectivity index is 0.00000280. The summed E-state index contributed by atoms with van der Waals surface area (Å²) < 4.78 is 7.93. The molecule has 1 unspecified atom stereocenters. The minimum Gasteiger partial charge on any atom is -0.487 e. The van der Waals surface area contributed by atoms with Crippen LogP contribution in [0.1, 0.15) is 19.2 Å². The highest BCUT2D eigenvalue weighted by molar-refractivity contribution is 14.0. The fraction of sp³-hybridized carbons (Fsp3) is 0.316. The third-order valence-corrected chi connectivity index (χ3v) is 4.42. The van der Waals surface area contributed by atoms with Gasteiger partial charge in [-0.15, -0.1) is 34.2 Å². The fourth-order valence-corrected chi connectivity index (χ4v) is 2.77. The monoisotopic (exact) mass is 514 g/mol. The molecule has 0 aliphatic rings. The van der Waals surface area contributed by atoms with Crippen molar-refractivity contribution in [2.75, 3.05) is 13.6 Å². The van der Waals surface area contributed by atoms with Crippen molar-refractivity contribution >= 4 is 47.2 Å². The average molecular weight is 515 g/mol. The van der Waals surface area contributed by atoms with Gasteiger partial charge in [0.2, 0.25) is 0 Å². The molecule has 2 heterocycles. The predicted molar refractivity (Wildman–Crippen MR) is 123 cm³/mol. The molecule has 0 bridgehead atoms. The van der Waals surface area contributed by atoms with Gasteiger partial charge in [0, 0.05) is 13.2 Å². The van der Waals surface area contributed by atoms with Crippen LogP contribution in [-0.2, 0) is 6.54 Å². The quantitative estimate of drug-likeness (QED) is 0.287. The molecule has 150 valence electrons. The van der Waals surface area contributed by atoms with Crippen molar-refractivity contribution in [1.29, 1.82) is 0 Å². The highest BCUT2D eigenvalue weighted by atomic mass is 127. The van der Waals surface area contributed by atoms with Crippen LogP contribution in [0.5, 0.6) is 5.75 Å². The van der Waals surface area contributed by atoms with Crippen LogP contribution in [0.2, 0.25) is 5.02 Å². The highest BCUT2D eigenvalue weighted by Gasteiger charge is 2.12. The van der Waals surface area contributed by atoms with Gasteiger partial charge in [-0.1, -0.05) is 36.7 Å². The number of ether oxygens (including phenoxy) is 1. The third-order valence-electron chi connectivity index (χ3n) is 4.10. The van der Waals surface area contributed by atoms with Gasteiger partial charge in [-0.2, -0.15) is 0 Å². The number of nitrogens with zero attached hydrogens (tertiary/aromatic N) is 4. The van der Waals surface area contributed by atoms with Crippen molar-refractivity contribution in [2.45, 2.75) is 26.0 Å². The van der Waals surface area contributed by atoms with Gasteiger partial charge in [0.25, 0.3) is 0 Å². The number of hydrogen-bond donors (Lipinski definition) is 2. The standard InChI is InChI=1S/C19H23ClN6O.HI/c1-3-14(27-16-9-5-4-8-15(16)20)12-22-19(21-2)23-13-18-25-24-17-10-6-7-11-26(17)18;/h4-11,14H,3,12-13H2,1-2H3,(H2,21,22,23);1H. The summed E-state index contributed by atoms with van der Waals surface area (Å²) >= 11 is 6.17. The molecule has 7 nitrogen and oxygen atoms in total. The molecule has 0 aliphatic carbocycles. The zero-order chi connectivity index (χ0) is 19.1. The van der Waals surface area contributed by atoms with E-state index >= 15 is 0 Å². The van der Waals surface area contributed by atoms with E-state index in [-0.39, 0.29) is 30.1 Å². The van der Waals surface area contributed by atoms with Crippen LogP contribution in [0.4, 0.5) is 0 Å². The molecule has 3 rings (SSSR count). The Hall–Kier alpha value is -2.07. The lowest BCUT2D eigenvalue weighted by Gasteiger charge is -2.20. The number of nitrogens with one attached hydrogen (secondary N) is 2. The van der Waals surface area contributed by atoms with E-state index in [1.165, 1.54) is 0 Å². The summed E-state index contributed by atoms with van der Waals surface area (Å²) in [6, 6.07) is 13.3. The summed E-state index contributed by atoms with van der Waals surface area (Å²) in [5, 5.41) is 15.5. The molecule has 0 fully saturated rings. The minimum atomic E-state index is -0.0302. The van der Waals surface area contributed by atoms with Crippen molar-refractivity contribution in [3.63, 3.8) is 0 Å². The summed E-state index contributed by atoms with van der Waals surface area (Å²) in [6.45, 7) is 3.18. The topological polar surface area (TPSA) is 75.8 Å². The number of hydrogen-bond acceptors (Lipinski definition) is 4. The van der Waals surface area contributed by atoms with E-state index in [9.17, 15) is 0 Å². The van der Waals surface area contributed by atoms with Gasteiger partial charge in [0.1, 0.15) is 11.9 Å². The van der Waals surface area contributed by atoms with Crippen LogP contribution in [-0.4, -0.2) is 40.3 Å². The number of guanidine groups is 1. The molecule has 0 saturated heterocycles. The number of para-hydroxylation sites is 1. The number of pyridine rings is 1. The molecule has 28 heavy (non-hydrogen) atoms. The average Bonchev–Trinajstić information content (AvgIpc) is 3.11. The Morgan fingerprint density at radius 1 is 1.18 bits per heavy atom. The second-order valence-corrected chi connectivity index (χ2v) is 6.34. The first-order valence-electron chi connectivity index (χ1n) is 8.85. The first-order valence-corrected chi connectivity index (χ1v) is 9.23. The second kappa shape index (κ2) is 11.1. The zero-order valence-electron chi connectivity index (χ0n) is 15.8. The Kier molecular flexibility index (Phi) is 8.78. The molecule has 2 N–H and O–H groups in total. The lowest BCUT2D eigenvalue weighted by atomic mass is 10.2. The van der Waals surface area contributed by atoms with Gasteiger partial charge >= 0.3 is 0 Å². The van der Waals surface area contributed by atoms with Crippen LogP contribution >= 0.6 is 35.6 Å². The van der Waals surface area contributed by atoms with Gasteiger partial charge in [0.15, 0.2) is 17.4 Å². The van der Waals surface area contributed by atoms with Crippen molar-refractivity contribution in [2.24, 2.45) is 4.99 Å². The van der Waals surface area contributed by atoms with Gasteiger partial charge in [-0.25, -0.2) is 0 Å². The number of halogens is 2. The molecule has 1 aromatic carbocycles. The number of rotatable bonds is 7. The van der Waals surface area contributed by atoms with Crippen LogP contribution in [0.3, 0.4) is 0 Å². The summed E-state index contributed by atoms with van der Waals surface area (Å²) in [6.07, 6.45) is 2.74. The van der Waals surface area contributed by atoms with Crippen molar-refractivity contribution in [1.82, 2.24) is 25.2 Å². The maximum Gasteiger partial charge on any atom is 0.191 e. The fourth-order valence-electron chi connectivity index (χ4n) is 2.59. The van der Waals surface area contributed by atoms with Gasteiger partial charge in [0.05, 0.1) is 18.1 Å². The van der Waals surface area contributed by atoms with E-state index < -0.39 is 0 Å². The largest absolute Gasteiger partial charge is 0.487 e. The Bertz CT molecular complexity index is 916. The number of aliphatic imine (C=N–C) groups is 1. The molecule has 0 aliphatic heterocycles. The maximum atomic E-state index is 6.17. The number of benzene rings is 1. The van der Waals surface area contributed by atoms with Crippen molar-refractivity contribution in [3.05, 3.63) is 59.5 Å². The Morgan fingerprint density at radius 3 is 2.71 bits per heavy atom.